The SMILES string of the molecule is CCC(CNC(C)CN(CC)CC(O)N1CCCCC1)NCC(C)C. The Bertz CT molecular complexity index is 321. The smallest absolute Gasteiger partial charge is 0.120 e. The molecule has 3 unspecified atom stereocenters. The molecule has 3 N–H and O–H groups in total. The van der Waals surface area contributed by atoms with E-state index in [1.54, 1.807) is 0 Å². The zero-order valence-corrected chi connectivity index (χ0v) is 17.4. The van der Waals surface area contributed by atoms with Gasteiger partial charge in [-0.2, -0.15) is 0 Å². The Morgan fingerprint density at radius 2 is 1.64 bits per heavy atom. The molecule has 1 fully saturated rings. The first-order valence-corrected chi connectivity index (χ1v) is 10.6. The first-order valence-electron chi connectivity index (χ1n) is 10.6. The van der Waals surface area contributed by atoms with Gasteiger partial charge in [0.25, 0.3) is 0 Å². The highest BCUT2D eigenvalue weighted by Gasteiger charge is 2.21. The zero-order valence-electron chi connectivity index (χ0n) is 17.4. The lowest BCUT2D eigenvalue weighted by Crippen LogP contribution is -2.50. The Balaban J connectivity index is 2.30. The van der Waals surface area contributed by atoms with E-state index in [2.05, 4.69) is 55.1 Å². The van der Waals surface area contributed by atoms with E-state index in [4.69, 9.17) is 0 Å². The molecule has 1 rings (SSSR count). The van der Waals surface area contributed by atoms with E-state index in [0.29, 0.717) is 18.0 Å². The highest BCUT2D eigenvalue weighted by Crippen LogP contribution is 2.12. The maximum atomic E-state index is 10.5. The molecule has 0 aromatic heterocycles. The summed E-state index contributed by atoms with van der Waals surface area (Å²) in [5.41, 5.74) is 0. The summed E-state index contributed by atoms with van der Waals surface area (Å²) in [5, 5.41) is 17.8. The summed E-state index contributed by atoms with van der Waals surface area (Å²) in [7, 11) is 0. The lowest BCUT2D eigenvalue weighted by Gasteiger charge is -2.35. The Labute approximate surface area is 156 Å². The van der Waals surface area contributed by atoms with Crippen LogP contribution in [0.1, 0.15) is 60.3 Å². The first-order chi connectivity index (χ1) is 12.0. The number of hydrogen-bond donors (Lipinski definition) is 3. The van der Waals surface area contributed by atoms with Crippen molar-refractivity contribution in [2.75, 3.05) is 45.8 Å². The zero-order chi connectivity index (χ0) is 18.7. The Hall–Kier alpha value is -0.200. The minimum absolute atomic E-state index is 0.316. The van der Waals surface area contributed by atoms with Crippen molar-refractivity contribution in [3.8, 4) is 0 Å². The van der Waals surface area contributed by atoms with E-state index in [1.165, 1.54) is 19.3 Å². The van der Waals surface area contributed by atoms with E-state index < -0.39 is 0 Å². The molecule has 1 saturated heterocycles. The second kappa shape index (κ2) is 13.0. The maximum Gasteiger partial charge on any atom is 0.120 e. The second-order valence-corrected chi connectivity index (χ2v) is 8.15. The average Bonchev–Trinajstić information content (AvgIpc) is 2.61. The van der Waals surface area contributed by atoms with Crippen molar-refractivity contribution in [2.45, 2.75) is 78.6 Å². The molecule has 5 heteroatoms. The van der Waals surface area contributed by atoms with Gasteiger partial charge >= 0.3 is 0 Å². The van der Waals surface area contributed by atoms with Gasteiger partial charge in [-0.05, 0) is 45.2 Å². The molecule has 25 heavy (non-hydrogen) atoms. The number of rotatable bonds is 13. The van der Waals surface area contributed by atoms with Crippen LogP contribution in [0.5, 0.6) is 0 Å². The lowest BCUT2D eigenvalue weighted by atomic mass is 10.1. The van der Waals surface area contributed by atoms with Gasteiger partial charge in [0.2, 0.25) is 0 Å². The van der Waals surface area contributed by atoms with Crippen molar-refractivity contribution in [3.05, 3.63) is 0 Å². The monoisotopic (exact) mass is 356 g/mol. The summed E-state index contributed by atoms with van der Waals surface area (Å²) in [6.45, 7) is 18.1. The summed E-state index contributed by atoms with van der Waals surface area (Å²) < 4.78 is 0. The molecular formula is C20H44N4O. The third-order valence-electron chi connectivity index (χ3n) is 5.23. The summed E-state index contributed by atoms with van der Waals surface area (Å²) in [6, 6.07) is 0.974. The Kier molecular flexibility index (Phi) is 11.9. The van der Waals surface area contributed by atoms with E-state index >= 15 is 0 Å². The molecule has 1 aliphatic heterocycles. The van der Waals surface area contributed by atoms with Crippen LogP contribution in [0.4, 0.5) is 0 Å². The van der Waals surface area contributed by atoms with Crippen molar-refractivity contribution < 1.29 is 5.11 Å². The highest BCUT2D eigenvalue weighted by atomic mass is 16.3. The van der Waals surface area contributed by atoms with Crippen LogP contribution >= 0.6 is 0 Å². The lowest BCUT2D eigenvalue weighted by molar-refractivity contribution is -0.0306. The molecule has 0 radical (unpaired) electrons. The van der Waals surface area contributed by atoms with Crippen molar-refractivity contribution >= 4 is 0 Å². The summed E-state index contributed by atoms with van der Waals surface area (Å²) in [5.74, 6) is 0.693. The van der Waals surface area contributed by atoms with Crippen LogP contribution in [-0.4, -0.2) is 79.0 Å². The molecule has 0 saturated carbocycles. The molecule has 0 aromatic rings. The van der Waals surface area contributed by atoms with E-state index in [9.17, 15) is 5.11 Å². The number of aliphatic hydroxyl groups excluding tert-OH is 1. The maximum absolute atomic E-state index is 10.5. The van der Waals surface area contributed by atoms with Gasteiger partial charge in [-0.15, -0.1) is 0 Å². The molecule has 0 aromatic carbocycles. The number of piperidine rings is 1. The number of hydrogen-bond acceptors (Lipinski definition) is 5. The molecule has 5 nitrogen and oxygen atoms in total. The van der Waals surface area contributed by atoms with Gasteiger partial charge in [0.05, 0.1) is 0 Å². The predicted octanol–water partition coefficient (Wildman–Crippen LogP) is 2.11. The average molecular weight is 357 g/mol. The number of nitrogens with zero attached hydrogens (tertiary/aromatic N) is 2. The van der Waals surface area contributed by atoms with Gasteiger partial charge in [-0.3, -0.25) is 9.80 Å². The van der Waals surface area contributed by atoms with E-state index in [0.717, 1.165) is 52.2 Å². The molecule has 0 amide bonds. The van der Waals surface area contributed by atoms with Crippen molar-refractivity contribution in [1.82, 2.24) is 20.4 Å². The van der Waals surface area contributed by atoms with Crippen LogP contribution in [0.3, 0.4) is 0 Å². The number of likely N-dealkylation sites (N-methyl/N-ethyl adjacent to an activating group) is 1. The van der Waals surface area contributed by atoms with Crippen LogP contribution < -0.4 is 10.6 Å². The third kappa shape index (κ3) is 9.90. The highest BCUT2D eigenvalue weighted by molar-refractivity contribution is 4.76. The summed E-state index contributed by atoms with van der Waals surface area (Å²) >= 11 is 0. The topological polar surface area (TPSA) is 50.8 Å². The molecule has 0 aliphatic carbocycles. The molecular weight excluding hydrogens is 312 g/mol. The summed E-state index contributed by atoms with van der Waals surface area (Å²) in [6.07, 6.45) is 4.60. The minimum Gasteiger partial charge on any atom is -0.377 e. The fourth-order valence-electron chi connectivity index (χ4n) is 3.45. The number of nitrogens with one attached hydrogen (secondary N) is 2. The van der Waals surface area contributed by atoms with Crippen LogP contribution in [0, 0.1) is 5.92 Å². The third-order valence-corrected chi connectivity index (χ3v) is 5.23. The van der Waals surface area contributed by atoms with E-state index in [-0.39, 0.29) is 6.23 Å². The Morgan fingerprint density at radius 3 is 2.20 bits per heavy atom. The molecule has 1 aliphatic rings. The first kappa shape index (κ1) is 22.8. The molecule has 1 heterocycles. The van der Waals surface area contributed by atoms with Crippen LogP contribution in [0.2, 0.25) is 0 Å². The second-order valence-electron chi connectivity index (χ2n) is 8.15. The van der Waals surface area contributed by atoms with Crippen molar-refractivity contribution in [3.63, 3.8) is 0 Å². The number of likely N-dealkylation sites (tertiary alicyclic amines) is 1. The van der Waals surface area contributed by atoms with Gasteiger partial charge in [0.15, 0.2) is 0 Å². The van der Waals surface area contributed by atoms with Crippen LogP contribution in [0.25, 0.3) is 0 Å². The standard InChI is InChI=1S/C20H44N4O/c1-6-19(22-13-17(3)4)14-21-18(5)15-23(7-2)16-20(25)24-11-9-8-10-12-24/h17-22,25H,6-16H2,1-5H3. The summed E-state index contributed by atoms with van der Waals surface area (Å²) in [4.78, 5) is 4.62. The van der Waals surface area contributed by atoms with Crippen LogP contribution in [0.15, 0.2) is 0 Å². The van der Waals surface area contributed by atoms with Gasteiger partial charge in [-0.1, -0.05) is 34.1 Å². The largest absolute Gasteiger partial charge is 0.377 e. The van der Waals surface area contributed by atoms with Gasteiger partial charge < -0.3 is 15.7 Å². The van der Waals surface area contributed by atoms with Crippen molar-refractivity contribution in [1.29, 1.82) is 0 Å². The molecule has 3 atom stereocenters. The van der Waals surface area contributed by atoms with Gasteiger partial charge in [-0.25, -0.2) is 0 Å². The fourth-order valence-corrected chi connectivity index (χ4v) is 3.45. The molecule has 150 valence electrons. The van der Waals surface area contributed by atoms with E-state index in [1.807, 2.05) is 0 Å². The molecule has 0 bridgehead atoms. The normalized spacial score (nSPS) is 20.2. The molecule has 0 spiro atoms. The van der Waals surface area contributed by atoms with Gasteiger partial charge in [0, 0.05) is 44.8 Å². The van der Waals surface area contributed by atoms with Crippen molar-refractivity contribution in [2.24, 2.45) is 5.92 Å². The fraction of sp³-hybridized carbons (Fsp3) is 1.00. The Morgan fingerprint density at radius 1 is 0.960 bits per heavy atom. The minimum atomic E-state index is -0.316. The quantitative estimate of drug-likeness (QED) is 0.472. The predicted molar refractivity (Wildman–Crippen MR) is 108 cm³/mol. The van der Waals surface area contributed by atoms with Crippen LogP contribution in [-0.2, 0) is 0 Å². The van der Waals surface area contributed by atoms with Gasteiger partial charge in [0.1, 0.15) is 6.23 Å². The number of aliphatic hydroxyl groups is 1.